The molecule has 1 atom stereocenters. The first-order valence-corrected chi connectivity index (χ1v) is 14.2. The van der Waals surface area contributed by atoms with E-state index in [0.29, 0.717) is 17.4 Å². The van der Waals surface area contributed by atoms with Crippen molar-refractivity contribution in [1.82, 2.24) is 14.9 Å². The molecule has 41 heavy (non-hydrogen) atoms. The number of benzene rings is 3. The predicted molar refractivity (Wildman–Crippen MR) is 161 cm³/mol. The number of hydrogen-bond donors (Lipinski definition) is 2. The molecular formula is C31H32BrN5O4. The Hall–Kier alpha value is -4.15. The highest BCUT2D eigenvalue weighted by Gasteiger charge is 2.36. The number of halogens is 1. The topological polar surface area (TPSA) is 114 Å². The van der Waals surface area contributed by atoms with Gasteiger partial charge in [0.1, 0.15) is 17.3 Å². The number of carboxylic acids is 1. The molecule has 1 aliphatic rings. The molecule has 1 aromatic heterocycles. The van der Waals surface area contributed by atoms with Crippen LogP contribution in [0.15, 0.2) is 89.4 Å². The lowest BCUT2D eigenvalue weighted by Gasteiger charge is -2.35. The zero-order valence-corrected chi connectivity index (χ0v) is 24.3. The Balaban J connectivity index is 1.20. The third-order valence-electron chi connectivity index (χ3n) is 6.95. The number of aliphatic carboxylic acids is 1. The number of carbonyl (C=O) groups is 1. The molecule has 212 valence electrons. The summed E-state index contributed by atoms with van der Waals surface area (Å²) in [6.07, 6.45) is 0.176. The van der Waals surface area contributed by atoms with Gasteiger partial charge in [-0.15, -0.1) is 0 Å². The van der Waals surface area contributed by atoms with Crippen molar-refractivity contribution in [2.24, 2.45) is 0 Å². The summed E-state index contributed by atoms with van der Waals surface area (Å²) in [5.41, 5.74) is 6.68. The van der Waals surface area contributed by atoms with Crippen molar-refractivity contribution in [3.63, 3.8) is 0 Å². The van der Waals surface area contributed by atoms with E-state index in [4.69, 9.17) is 15.2 Å². The van der Waals surface area contributed by atoms with Gasteiger partial charge in [0.05, 0.1) is 0 Å². The van der Waals surface area contributed by atoms with Gasteiger partial charge in [-0.1, -0.05) is 58.4 Å². The summed E-state index contributed by atoms with van der Waals surface area (Å²) < 4.78 is 12.9. The van der Waals surface area contributed by atoms with Crippen molar-refractivity contribution in [3.8, 4) is 17.4 Å². The Bertz CT molecular complexity index is 1460. The third kappa shape index (κ3) is 7.53. The fourth-order valence-corrected chi connectivity index (χ4v) is 4.98. The van der Waals surface area contributed by atoms with E-state index < -0.39 is 11.6 Å². The molecule has 5 rings (SSSR count). The molecule has 0 bridgehead atoms. The van der Waals surface area contributed by atoms with Gasteiger partial charge in [0, 0.05) is 49.7 Å². The van der Waals surface area contributed by atoms with Crippen molar-refractivity contribution in [3.05, 3.63) is 101 Å². The minimum absolute atomic E-state index is 0.140. The lowest BCUT2D eigenvalue weighted by atomic mass is 9.96. The maximum atomic E-state index is 12.1. The number of nitrogens with zero attached hydrogens (tertiary/aromatic N) is 4. The van der Waals surface area contributed by atoms with Gasteiger partial charge in [-0.25, -0.2) is 4.79 Å². The molecule has 2 heterocycles. The molecule has 9 nitrogen and oxygen atoms in total. The van der Waals surface area contributed by atoms with Crippen molar-refractivity contribution in [1.29, 1.82) is 0 Å². The van der Waals surface area contributed by atoms with Gasteiger partial charge in [0.25, 0.3) is 0 Å². The number of anilines is 2. The van der Waals surface area contributed by atoms with Gasteiger partial charge >= 0.3 is 5.97 Å². The number of piperazine rings is 1. The van der Waals surface area contributed by atoms with Crippen LogP contribution in [0, 0.1) is 0 Å². The Kier molecular flexibility index (Phi) is 8.70. The van der Waals surface area contributed by atoms with Gasteiger partial charge in [-0.05, 0) is 54.4 Å². The van der Waals surface area contributed by atoms with Crippen LogP contribution in [0.3, 0.4) is 0 Å². The molecule has 1 fully saturated rings. The molecule has 0 saturated carbocycles. The van der Waals surface area contributed by atoms with Crippen molar-refractivity contribution >= 4 is 33.7 Å². The zero-order valence-electron chi connectivity index (χ0n) is 22.7. The van der Waals surface area contributed by atoms with Crippen LogP contribution in [0.2, 0.25) is 0 Å². The Morgan fingerprint density at radius 2 is 1.59 bits per heavy atom. The van der Waals surface area contributed by atoms with Crippen LogP contribution >= 0.6 is 15.9 Å². The van der Waals surface area contributed by atoms with Gasteiger partial charge in [0.15, 0.2) is 0 Å². The van der Waals surface area contributed by atoms with E-state index in [1.807, 2.05) is 18.2 Å². The van der Waals surface area contributed by atoms with E-state index in [2.05, 4.69) is 60.0 Å². The van der Waals surface area contributed by atoms with Crippen LogP contribution in [0.1, 0.15) is 18.1 Å². The van der Waals surface area contributed by atoms with Crippen LogP contribution in [-0.4, -0.2) is 57.7 Å². The zero-order chi connectivity index (χ0) is 28.8. The van der Waals surface area contributed by atoms with Gasteiger partial charge in [-0.3, -0.25) is 4.90 Å². The maximum Gasteiger partial charge on any atom is 0.348 e. The molecule has 1 saturated heterocycles. The van der Waals surface area contributed by atoms with Crippen LogP contribution in [0.4, 0.5) is 11.8 Å². The average molecular weight is 619 g/mol. The number of carboxylic acid groups (broad SMARTS) is 1. The number of aromatic nitrogens is 2. The minimum Gasteiger partial charge on any atom is -0.478 e. The van der Waals surface area contributed by atoms with E-state index in [1.54, 1.807) is 49.4 Å². The van der Waals surface area contributed by atoms with Crippen LogP contribution in [-0.2, 0) is 17.8 Å². The lowest BCUT2D eigenvalue weighted by Crippen LogP contribution is -2.46. The molecule has 0 aliphatic carbocycles. The molecule has 10 heteroatoms. The number of rotatable bonds is 10. The summed E-state index contributed by atoms with van der Waals surface area (Å²) in [6.45, 7) is 5.91. The van der Waals surface area contributed by atoms with Crippen LogP contribution in [0.25, 0.3) is 0 Å². The fourth-order valence-electron chi connectivity index (χ4n) is 4.72. The number of para-hydroxylation sites is 1. The minimum atomic E-state index is -1.43. The molecule has 0 radical (unpaired) electrons. The molecule has 4 aromatic rings. The van der Waals surface area contributed by atoms with E-state index in [0.717, 1.165) is 48.6 Å². The van der Waals surface area contributed by atoms with E-state index in [1.165, 1.54) is 5.56 Å². The first-order valence-electron chi connectivity index (χ1n) is 13.4. The first-order chi connectivity index (χ1) is 19.8. The molecule has 3 aromatic carbocycles. The second-order valence-electron chi connectivity index (χ2n) is 10.2. The Morgan fingerprint density at radius 1 is 0.927 bits per heavy atom. The van der Waals surface area contributed by atoms with Crippen LogP contribution < -0.4 is 20.1 Å². The van der Waals surface area contributed by atoms with E-state index >= 15 is 0 Å². The smallest absolute Gasteiger partial charge is 0.348 e. The summed E-state index contributed by atoms with van der Waals surface area (Å²) in [7, 11) is 0. The van der Waals surface area contributed by atoms with Gasteiger partial charge < -0.3 is 25.2 Å². The number of ether oxygens (including phenoxy) is 2. The van der Waals surface area contributed by atoms with Crippen molar-refractivity contribution in [2.45, 2.75) is 25.5 Å². The SMILES string of the molecule is CC(Cc1ccc(Oc2cc(N3CCN(Cc4ccc(Br)cc4)CC3)nc(N)n2)cc1)(Oc1ccccc1)C(=O)O. The summed E-state index contributed by atoms with van der Waals surface area (Å²) in [6, 6.07) is 26.3. The molecule has 0 spiro atoms. The lowest BCUT2D eigenvalue weighted by molar-refractivity contribution is -0.153. The standard InChI is InChI=1S/C31H32BrN5O4/c1-31(29(38)39,41-26-5-3-2-4-6-26)20-22-9-13-25(14-10-22)40-28-19-27(34-30(33)35-28)37-17-15-36(16-18-37)21-23-7-11-24(32)12-8-23/h2-14,19H,15-18,20-21H2,1H3,(H,38,39)(H2,33,34,35). The number of nitrogens with two attached hydrogens (primary N) is 1. The summed E-state index contributed by atoms with van der Waals surface area (Å²) in [5, 5.41) is 9.87. The van der Waals surface area contributed by atoms with E-state index in [-0.39, 0.29) is 12.4 Å². The fraction of sp³-hybridized carbons (Fsp3) is 0.258. The second-order valence-corrected chi connectivity index (χ2v) is 11.1. The largest absolute Gasteiger partial charge is 0.478 e. The average Bonchev–Trinajstić information content (AvgIpc) is 2.96. The monoisotopic (exact) mass is 617 g/mol. The van der Waals surface area contributed by atoms with Crippen molar-refractivity contribution < 1.29 is 19.4 Å². The maximum absolute atomic E-state index is 12.1. The molecule has 3 N–H and O–H groups in total. The highest BCUT2D eigenvalue weighted by Crippen LogP contribution is 2.27. The molecule has 1 unspecified atom stereocenters. The first kappa shape index (κ1) is 28.4. The highest BCUT2D eigenvalue weighted by molar-refractivity contribution is 9.10. The van der Waals surface area contributed by atoms with Crippen molar-refractivity contribution in [2.75, 3.05) is 36.8 Å². The van der Waals surface area contributed by atoms with Gasteiger partial charge in [0.2, 0.25) is 17.4 Å². The molecule has 0 amide bonds. The quantitative estimate of drug-likeness (QED) is 0.241. The molecular weight excluding hydrogens is 586 g/mol. The number of hydrogen-bond acceptors (Lipinski definition) is 8. The molecule has 1 aliphatic heterocycles. The number of nitrogen functional groups attached to an aromatic ring is 1. The van der Waals surface area contributed by atoms with Crippen LogP contribution in [0.5, 0.6) is 17.4 Å². The summed E-state index contributed by atoms with van der Waals surface area (Å²) >= 11 is 3.49. The van der Waals surface area contributed by atoms with E-state index in [9.17, 15) is 9.90 Å². The van der Waals surface area contributed by atoms with Gasteiger partial charge in [-0.2, -0.15) is 9.97 Å². The predicted octanol–water partition coefficient (Wildman–Crippen LogP) is 5.40. The summed E-state index contributed by atoms with van der Waals surface area (Å²) in [4.78, 5) is 25.4. The highest BCUT2D eigenvalue weighted by atomic mass is 79.9. The Morgan fingerprint density at radius 3 is 2.24 bits per heavy atom. The Labute approximate surface area is 247 Å². The normalized spacial score (nSPS) is 15.2. The summed E-state index contributed by atoms with van der Waals surface area (Å²) in [5.74, 6) is 1.23. The second kappa shape index (κ2) is 12.6. The third-order valence-corrected chi connectivity index (χ3v) is 7.48.